The van der Waals surface area contributed by atoms with E-state index in [1.807, 2.05) is 23.7 Å². The number of carbonyl (C=O) groups excluding carboxylic acids is 1. The predicted octanol–water partition coefficient (Wildman–Crippen LogP) is 3.91. The van der Waals surface area contributed by atoms with Gasteiger partial charge in [-0.05, 0) is 24.3 Å². The van der Waals surface area contributed by atoms with Crippen LogP contribution < -0.4 is 10.2 Å². The van der Waals surface area contributed by atoms with Crippen LogP contribution in [0.1, 0.15) is 23.2 Å². The largest absolute Gasteiger partial charge is 0.356 e. The van der Waals surface area contributed by atoms with Crippen LogP contribution in [0.3, 0.4) is 0 Å². The van der Waals surface area contributed by atoms with Gasteiger partial charge in [-0.2, -0.15) is 0 Å². The molecule has 1 N–H and O–H groups in total. The Labute approximate surface area is 188 Å². The van der Waals surface area contributed by atoms with Gasteiger partial charge in [-0.1, -0.05) is 0 Å². The number of imidazole rings is 1. The van der Waals surface area contributed by atoms with Gasteiger partial charge in [-0.25, -0.2) is 28.7 Å². The Hall–Kier alpha value is -3.95. The van der Waals surface area contributed by atoms with Crippen molar-refractivity contribution in [3.05, 3.63) is 60.8 Å². The second-order valence-electron chi connectivity index (χ2n) is 8.05. The number of anilines is 2. The molecule has 0 aromatic carbocycles. The van der Waals surface area contributed by atoms with Crippen LogP contribution in [0.15, 0.2) is 55.2 Å². The van der Waals surface area contributed by atoms with E-state index in [9.17, 15) is 13.6 Å². The highest BCUT2D eigenvalue weighted by Crippen LogP contribution is 2.30. The highest BCUT2D eigenvalue weighted by atomic mass is 19.3. The fraction of sp³-hybridized carbons (Fsp3) is 0.261. The van der Waals surface area contributed by atoms with E-state index in [2.05, 4.69) is 25.3 Å². The fourth-order valence-corrected chi connectivity index (χ4v) is 3.82. The number of aryl methyl sites for hydroxylation is 1. The summed E-state index contributed by atoms with van der Waals surface area (Å²) in [5.74, 6) is -2.14. The lowest BCUT2D eigenvalue weighted by molar-refractivity contribution is -0.0221. The maximum atomic E-state index is 13.5. The Bertz CT molecular complexity index is 1330. The summed E-state index contributed by atoms with van der Waals surface area (Å²) in [6, 6.07) is 8.71. The number of piperidine rings is 1. The molecule has 33 heavy (non-hydrogen) atoms. The van der Waals surface area contributed by atoms with E-state index >= 15 is 0 Å². The number of alkyl halides is 2. The summed E-state index contributed by atoms with van der Waals surface area (Å²) in [5.41, 5.74) is 2.69. The van der Waals surface area contributed by atoms with Gasteiger partial charge >= 0.3 is 0 Å². The van der Waals surface area contributed by atoms with Crippen LogP contribution in [0.5, 0.6) is 0 Å². The minimum atomic E-state index is -2.64. The summed E-state index contributed by atoms with van der Waals surface area (Å²) in [4.78, 5) is 32.0. The minimum Gasteiger partial charge on any atom is -0.356 e. The van der Waals surface area contributed by atoms with Gasteiger partial charge in [-0.15, -0.1) is 0 Å². The molecule has 0 saturated carbocycles. The second-order valence-corrected chi connectivity index (χ2v) is 8.05. The summed E-state index contributed by atoms with van der Waals surface area (Å²) < 4.78 is 28.8. The maximum Gasteiger partial charge on any atom is 0.257 e. The summed E-state index contributed by atoms with van der Waals surface area (Å²) in [6.07, 6.45) is 6.16. The zero-order valence-corrected chi connectivity index (χ0v) is 17.9. The average Bonchev–Trinajstić information content (AvgIpc) is 3.24. The molecule has 0 aliphatic carbocycles. The second kappa shape index (κ2) is 8.19. The molecule has 5 rings (SSSR count). The van der Waals surface area contributed by atoms with Crippen LogP contribution in [-0.4, -0.2) is 49.4 Å². The summed E-state index contributed by atoms with van der Waals surface area (Å²) in [7, 11) is 1.89. The van der Waals surface area contributed by atoms with Crippen LogP contribution in [0.25, 0.3) is 22.3 Å². The number of nitrogens with zero attached hydrogens (tertiary/aromatic N) is 6. The van der Waals surface area contributed by atoms with Crippen molar-refractivity contribution in [2.24, 2.45) is 7.05 Å². The van der Waals surface area contributed by atoms with Crippen molar-refractivity contribution in [1.29, 1.82) is 0 Å². The molecule has 4 aromatic rings. The Morgan fingerprint density at radius 3 is 2.67 bits per heavy atom. The first kappa shape index (κ1) is 20.9. The average molecular weight is 449 g/mol. The molecule has 1 aliphatic rings. The molecule has 1 saturated heterocycles. The van der Waals surface area contributed by atoms with Gasteiger partial charge in [0.2, 0.25) is 0 Å². The molecule has 0 spiro atoms. The third-order valence-electron chi connectivity index (χ3n) is 5.72. The zero-order valence-electron chi connectivity index (χ0n) is 17.9. The lowest BCUT2D eigenvalue weighted by Crippen LogP contribution is -2.39. The minimum absolute atomic E-state index is 0.196. The molecule has 1 aliphatic heterocycles. The molecule has 1 amide bonds. The fourth-order valence-electron chi connectivity index (χ4n) is 3.82. The molecule has 10 heteroatoms. The number of pyridine rings is 3. The first-order valence-electron chi connectivity index (χ1n) is 10.5. The molecule has 0 atom stereocenters. The lowest BCUT2D eigenvalue weighted by atomic mass is 10.1. The van der Waals surface area contributed by atoms with E-state index in [0.717, 1.165) is 16.8 Å². The van der Waals surface area contributed by atoms with Crippen molar-refractivity contribution in [2.45, 2.75) is 18.8 Å². The number of carbonyl (C=O) groups is 1. The standard InChI is InChI=1S/C23H21F2N7O/c1-31-14-26-13-19(31)17-3-2-16-12-28-20(11-18(16)29-17)30-22(33)15-4-7-27-21(10-15)32-8-5-23(24,25)6-9-32/h2-4,7,10-14H,5-6,8-9H2,1H3,(H,28,30,33). The Morgan fingerprint density at radius 2 is 1.91 bits per heavy atom. The van der Waals surface area contributed by atoms with Crippen molar-refractivity contribution >= 4 is 28.4 Å². The molecular formula is C23H21F2N7O. The Balaban J connectivity index is 1.35. The van der Waals surface area contributed by atoms with Crippen molar-refractivity contribution in [3.8, 4) is 11.4 Å². The topological polar surface area (TPSA) is 88.8 Å². The first-order valence-corrected chi connectivity index (χ1v) is 10.5. The SMILES string of the molecule is Cn1cncc1-c1ccc2cnc(NC(=O)c3ccnc(N4CCC(F)(F)CC4)c3)cc2n1. The van der Waals surface area contributed by atoms with E-state index in [1.54, 1.807) is 41.8 Å². The summed E-state index contributed by atoms with van der Waals surface area (Å²) in [6.45, 7) is 0.393. The van der Waals surface area contributed by atoms with Gasteiger partial charge in [0.1, 0.15) is 11.6 Å². The van der Waals surface area contributed by atoms with E-state index in [4.69, 9.17) is 0 Å². The number of hydrogen-bond donors (Lipinski definition) is 1. The van der Waals surface area contributed by atoms with E-state index in [0.29, 0.717) is 22.7 Å². The Kier molecular flexibility index (Phi) is 5.20. The van der Waals surface area contributed by atoms with Crippen LogP contribution in [0.4, 0.5) is 20.4 Å². The van der Waals surface area contributed by atoms with Gasteiger partial charge in [0.05, 0.1) is 29.4 Å². The van der Waals surface area contributed by atoms with Crippen molar-refractivity contribution in [2.75, 3.05) is 23.3 Å². The van der Waals surface area contributed by atoms with Crippen molar-refractivity contribution in [3.63, 3.8) is 0 Å². The third kappa shape index (κ3) is 4.36. The van der Waals surface area contributed by atoms with Crippen molar-refractivity contribution < 1.29 is 13.6 Å². The predicted molar refractivity (Wildman–Crippen MR) is 120 cm³/mol. The molecule has 0 radical (unpaired) electrons. The molecule has 8 nitrogen and oxygen atoms in total. The monoisotopic (exact) mass is 449 g/mol. The molecule has 168 valence electrons. The quantitative estimate of drug-likeness (QED) is 0.508. The number of hydrogen-bond acceptors (Lipinski definition) is 6. The molecule has 1 fully saturated rings. The maximum absolute atomic E-state index is 13.5. The van der Waals surface area contributed by atoms with Crippen LogP contribution in [0, 0.1) is 0 Å². The first-order chi connectivity index (χ1) is 15.9. The highest BCUT2D eigenvalue weighted by molar-refractivity contribution is 6.04. The van der Waals surface area contributed by atoms with Gasteiger partial charge in [-0.3, -0.25) is 4.79 Å². The van der Waals surface area contributed by atoms with Crippen LogP contribution in [0.2, 0.25) is 0 Å². The zero-order chi connectivity index (χ0) is 23.0. The smallest absolute Gasteiger partial charge is 0.257 e. The number of rotatable bonds is 4. The third-order valence-corrected chi connectivity index (χ3v) is 5.72. The molecule has 4 aromatic heterocycles. The molecular weight excluding hydrogens is 428 g/mol. The molecule has 0 bridgehead atoms. The van der Waals surface area contributed by atoms with Crippen LogP contribution >= 0.6 is 0 Å². The van der Waals surface area contributed by atoms with Crippen molar-refractivity contribution in [1.82, 2.24) is 24.5 Å². The number of halogens is 2. The van der Waals surface area contributed by atoms with Gasteiger partial charge in [0, 0.05) is 62.4 Å². The van der Waals surface area contributed by atoms with Crippen LogP contribution in [-0.2, 0) is 7.05 Å². The summed E-state index contributed by atoms with van der Waals surface area (Å²) >= 11 is 0. The number of aromatic nitrogens is 5. The molecule has 5 heterocycles. The van der Waals surface area contributed by atoms with Gasteiger partial charge in [0.25, 0.3) is 11.8 Å². The Morgan fingerprint density at radius 1 is 1.09 bits per heavy atom. The van der Waals surface area contributed by atoms with Gasteiger partial charge < -0.3 is 14.8 Å². The normalized spacial score (nSPS) is 15.5. The van der Waals surface area contributed by atoms with Gasteiger partial charge in [0.15, 0.2) is 0 Å². The van der Waals surface area contributed by atoms with E-state index in [-0.39, 0.29) is 31.8 Å². The van der Waals surface area contributed by atoms with E-state index < -0.39 is 5.92 Å². The number of fused-ring (bicyclic) bond motifs is 1. The summed E-state index contributed by atoms with van der Waals surface area (Å²) in [5, 5.41) is 3.63. The highest BCUT2D eigenvalue weighted by Gasteiger charge is 2.34. The number of amides is 1. The number of nitrogens with one attached hydrogen (secondary N) is 1. The molecule has 0 unspecified atom stereocenters. The lowest BCUT2D eigenvalue weighted by Gasteiger charge is -2.32. The van der Waals surface area contributed by atoms with E-state index in [1.165, 1.54) is 6.20 Å².